The molecule has 1 rings (SSSR count). The van der Waals surface area contributed by atoms with Gasteiger partial charge in [-0.15, -0.1) is 18.8 Å². The van der Waals surface area contributed by atoms with Crippen LogP contribution in [0.4, 0.5) is 0 Å². The molecule has 0 aromatic heterocycles. The van der Waals surface area contributed by atoms with E-state index in [0.29, 0.717) is 18.0 Å². The van der Waals surface area contributed by atoms with E-state index in [2.05, 4.69) is 16.6 Å². The van der Waals surface area contributed by atoms with Crippen molar-refractivity contribution >= 4 is 18.3 Å². The molecule has 2 N–H and O–H groups in total. The maximum atomic E-state index is 11.3. The van der Waals surface area contributed by atoms with E-state index in [1.165, 1.54) is 0 Å². The van der Waals surface area contributed by atoms with Gasteiger partial charge in [-0.05, 0) is 24.7 Å². The molecule has 0 aliphatic rings. The van der Waals surface area contributed by atoms with Crippen LogP contribution in [0.3, 0.4) is 0 Å². The van der Waals surface area contributed by atoms with E-state index in [1.807, 2.05) is 6.07 Å². The molecule has 0 fully saturated rings. The first kappa shape index (κ1) is 18.1. The van der Waals surface area contributed by atoms with Crippen LogP contribution >= 0.6 is 12.4 Å². The molecule has 0 bridgehead atoms. The quantitative estimate of drug-likeness (QED) is 0.736. The fourth-order valence-electron chi connectivity index (χ4n) is 1.49. The highest BCUT2D eigenvalue weighted by molar-refractivity contribution is 5.85. The third kappa shape index (κ3) is 5.83. The first-order chi connectivity index (χ1) is 9.21. The average Bonchev–Trinajstić information content (AvgIpc) is 2.43. The summed E-state index contributed by atoms with van der Waals surface area (Å²) in [5.74, 6) is 3.51. The van der Waals surface area contributed by atoms with Crippen LogP contribution in [0.15, 0.2) is 18.2 Å². The zero-order valence-electron chi connectivity index (χ0n) is 11.6. The summed E-state index contributed by atoms with van der Waals surface area (Å²) in [5, 5.41) is 5.56. The minimum atomic E-state index is -0.0654. The first-order valence-electron chi connectivity index (χ1n) is 5.85. The fourth-order valence-corrected chi connectivity index (χ4v) is 1.49. The van der Waals surface area contributed by atoms with Crippen LogP contribution in [0.1, 0.15) is 5.56 Å². The molecule has 20 heavy (non-hydrogen) atoms. The number of ether oxygens (including phenoxy) is 2. The number of methoxy groups -OCH3 is 1. The molecule has 0 unspecified atom stereocenters. The number of rotatable bonds is 7. The lowest BCUT2D eigenvalue weighted by Gasteiger charge is -2.11. The second kappa shape index (κ2) is 9.96. The van der Waals surface area contributed by atoms with Crippen molar-refractivity contribution in [2.75, 3.05) is 27.3 Å². The summed E-state index contributed by atoms with van der Waals surface area (Å²) in [7, 11) is 3.28. The van der Waals surface area contributed by atoms with Gasteiger partial charge in [0.05, 0.1) is 13.7 Å². The Morgan fingerprint density at radius 3 is 2.75 bits per heavy atom. The monoisotopic (exact) mass is 298 g/mol. The SMILES string of the molecule is C#CCOc1cc(CNC(=O)CNC)ccc1OC.Cl. The highest BCUT2D eigenvalue weighted by Crippen LogP contribution is 2.27. The van der Waals surface area contributed by atoms with E-state index >= 15 is 0 Å². The van der Waals surface area contributed by atoms with Crippen molar-refractivity contribution in [3.8, 4) is 23.8 Å². The second-order valence-corrected chi connectivity index (χ2v) is 3.79. The van der Waals surface area contributed by atoms with Crippen LogP contribution in [0.2, 0.25) is 0 Å². The number of amides is 1. The Labute approximate surface area is 125 Å². The summed E-state index contributed by atoms with van der Waals surface area (Å²) in [6, 6.07) is 5.45. The number of hydrogen-bond donors (Lipinski definition) is 2. The van der Waals surface area contributed by atoms with Gasteiger partial charge in [0.2, 0.25) is 5.91 Å². The van der Waals surface area contributed by atoms with Crippen LogP contribution in [0.25, 0.3) is 0 Å². The predicted molar refractivity (Wildman–Crippen MR) is 80.3 cm³/mol. The highest BCUT2D eigenvalue weighted by atomic mass is 35.5. The summed E-state index contributed by atoms with van der Waals surface area (Å²) in [4.78, 5) is 11.3. The van der Waals surface area contributed by atoms with Gasteiger partial charge in [0.15, 0.2) is 11.5 Å². The molecular formula is C14H19ClN2O3. The number of benzene rings is 1. The number of likely N-dealkylation sites (N-methyl/N-ethyl adjacent to an activating group) is 1. The van der Waals surface area contributed by atoms with Gasteiger partial charge in [-0.1, -0.05) is 12.0 Å². The lowest BCUT2D eigenvalue weighted by Crippen LogP contribution is -2.31. The number of nitrogens with one attached hydrogen (secondary N) is 2. The zero-order chi connectivity index (χ0) is 14.1. The largest absolute Gasteiger partial charge is 0.493 e. The van der Waals surface area contributed by atoms with Gasteiger partial charge in [0, 0.05) is 6.54 Å². The van der Waals surface area contributed by atoms with E-state index in [1.54, 1.807) is 26.3 Å². The van der Waals surface area contributed by atoms with E-state index in [9.17, 15) is 4.79 Å². The zero-order valence-corrected chi connectivity index (χ0v) is 12.4. The molecule has 0 heterocycles. The Bertz CT molecular complexity index is 472. The van der Waals surface area contributed by atoms with Crippen LogP contribution in [0, 0.1) is 12.3 Å². The van der Waals surface area contributed by atoms with Crippen molar-refractivity contribution in [1.82, 2.24) is 10.6 Å². The lowest BCUT2D eigenvalue weighted by molar-refractivity contribution is -0.120. The van der Waals surface area contributed by atoms with E-state index < -0.39 is 0 Å². The highest BCUT2D eigenvalue weighted by Gasteiger charge is 2.06. The number of terminal acetylenes is 1. The van der Waals surface area contributed by atoms with Gasteiger partial charge in [-0.3, -0.25) is 4.79 Å². The van der Waals surface area contributed by atoms with Gasteiger partial charge in [-0.2, -0.15) is 0 Å². The maximum absolute atomic E-state index is 11.3. The standard InChI is InChI=1S/C14H18N2O3.ClH/c1-4-7-19-13-8-11(5-6-12(13)18-3)9-16-14(17)10-15-2;/h1,5-6,8,15H,7,9-10H2,2-3H3,(H,16,17);1H. The molecule has 1 aromatic carbocycles. The molecule has 0 spiro atoms. The molecule has 0 saturated carbocycles. The topological polar surface area (TPSA) is 59.6 Å². The molecule has 0 saturated heterocycles. The summed E-state index contributed by atoms with van der Waals surface area (Å²) in [6.07, 6.45) is 5.16. The van der Waals surface area contributed by atoms with Crippen molar-refractivity contribution < 1.29 is 14.3 Å². The van der Waals surface area contributed by atoms with Crippen LogP contribution in [0.5, 0.6) is 11.5 Å². The molecule has 0 aliphatic heterocycles. The van der Waals surface area contributed by atoms with Crippen molar-refractivity contribution in [2.24, 2.45) is 0 Å². The third-order valence-corrected chi connectivity index (χ3v) is 2.37. The molecular weight excluding hydrogens is 280 g/mol. The summed E-state index contributed by atoms with van der Waals surface area (Å²) < 4.78 is 10.6. The van der Waals surface area contributed by atoms with Gasteiger partial charge in [0.1, 0.15) is 6.61 Å². The number of hydrogen-bond acceptors (Lipinski definition) is 4. The van der Waals surface area contributed by atoms with E-state index in [4.69, 9.17) is 15.9 Å². The summed E-state index contributed by atoms with van der Waals surface area (Å²) in [6.45, 7) is 0.888. The molecule has 1 amide bonds. The average molecular weight is 299 g/mol. The fraction of sp³-hybridized carbons (Fsp3) is 0.357. The van der Waals surface area contributed by atoms with Gasteiger partial charge in [0.25, 0.3) is 0 Å². The molecule has 110 valence electrons. The summed E-state index contributed by atoms with van der Waals surface area (Å²) >= 11 is 0. The van der Waals surface area contributed by atoms with Crippen molar-refractivity contribution in [3.05, 3.63) is 23.8 Å². The van der Waals surface area contributed by atoms with Gasteiger partial charge >= 0.3 is 0 Å². The van der Waals surface area contributed by atoms with E-state index in [-0.39, 0.29) is 31.5 Å². The number of halogens is 1. The molecule has 5 nitrogen and oxygen atoms in total. The van der Waals surface area contributed by atoms with Crippen LogP contribution in [-0.2, 0) is 11.3 Å². The molecule has 0 aliphatic carbocycles. The molecule has 0 radical (unpaired) electrons. The normalized spacial score (nSPS) is 9.05. The maximum Gasteiger partial charge on any atom is 0.234 e. The Morgan fingerprint density at radius 2 is 2.15 bits per heavy atom. The number of carbonyl (C=O) groups excluding carboxylic acids is 1. The predicted octanol–water partition coefficient (Wildman–Crippen LogP) is 0.965. The Hall–Kier alpha value is -1.90. The minimum absolute atomic E-state index is 0. The molecule has 6 heteroatoms. The Balaban J connectivity index is 0.00000361. The van der Waals surface area contributed by atoms with Crippen molar-refractivity contribution in [2.45, 2.75) is 6.54 Å². The third-order valence-electron chi connectivity index (χ3n) is 2.37. The second-order valence-electron chi connectivity index (χ2n) is 3.79. The molecule has 0 atom stereocenters. The lowest BCUT2D eigenvalue weighted by atomic mass is 10.2. The van der Waals surface area contributed by atoms with Gasteiger partial charge < -0.3 is 20.1 Å². The molecule has 1 aromatic rings. The Kier molecular flexibility index (Phi) is 9.01. The van der Waals surface area contributed by atoms with Crippen molar-refractivity contribution in [1.29, 1.82) is 0 Å². The van der Waals surface area contributed by atoms with Gasteiger partial charge in [-0.25, -0.2) is 0 Å². The van der Waals surface area contributed by atoms with E-state index in [0.717, 1.165) is 5.56 Å². The van der Waals surface area contributed by atoms with Crippen LogP contribution in [-0.4, -0.2) is 33.2 Å². The minimum Gasteiger partial charge on any atom is -0.493 e. The number of carbonyl (C=O) groups is 1. The first-order valence-corrected chi connectivity index (χ1v) is 5.85. The van der Waals surface area contributed by atoms with Crippen LogP contribution < -0.4 is 20.1 Å². The van der Waals surface area contributed by atoms with Crippen molar-refractivity contribution in [3.63, 3.8) is 0 Å². The summed E-state index contributed by atoms with van der Waals surface area (Å²) in [5.41, 5.74) is 0.914. The Morgan fingerprint density at radius 1 is 1.40 bits per heavy atom. The smallest absolute Gasteiger partial charge is 0.234 e.